The molecule has 5 heterocycles. The van der Waals surface area contributed by atoms with Crippen molar-refractivity contribution < 1.29 is 18.0 Å². The molecule has 4 aromatic rings. The number of amides is 1. The third-order valence-corrected chi connectivity index (χ3v) is 5.96. The van der Waals surface area contributed by atoms with Gasteiger partial charge in [0.15, 0.2) is 0 Å². The maximum atomic E-state index is 13.7. The highest BCUT2D eigenvalue weighted by molar-refractivity contribution is 7.10. The van der Waals surface area contributed by atoms with Crippen molar-refractivity contribution in [2.75, 3.05) is 13.1 Å². The highest BCUT2D eigenvalue weighted by Crippen LogP contribution is 2.35. The van der Waals surface area contributed by atoms with E-state index in [-0.39, 0.29) is 11.3 Å². The second kappa shape index (κ2) is 7.34. The molecule has 0 aromatic carbocycles. The van der Waals surface area contributed by atoms with E-state index in [2.05, 4.69) is 20.2 Å². The maximum absolute atomic E-state index is 13.7. The van der Waals surface area contributed by atoms with Crippen LogP contribution in [-0.4, -0.2) is 48.5 Å². The Morgan fingerprint density at radius 2 is 2.10 bits per heavy atom. The number of hydrogen-bond acceptors (Lipinski definition) is 5. The van der Waals surface area contributed by atoms with Crippen LogP contribution in [0.2, 0.25) is 0 Å². The van der Waals surface area contributed by atoms with E-state index in [9.17, 15) is 18.0 Å². The van der Waals surface area contributed by atoms with E-state index < -0.39 is 17.6 Å². The first-order chi connectivity index (χ1) is 14.9. The van der Waals surface area contributed by atoms with Crippen LogP contribution in [0.15, 0.2) is 48.5 Å². The van der Waals surface area contributed by atoms with Crippen molar-refractivity contribution in [3.8, 4) is 11.1 Å². The Morgan fingerprint density at radius 3 is 2.74 bits per heavy atom. The van der Waals surface area contributed by atoms with Gasteiger partial charge in [-0.05, 0) is 18.1 Å². The number of nitrogens with one attached hydrogen (secondary N) is 1. The summed E-state index contributed by atoms with van der Waals surface area (Å²) >= 11 is 1.53. The summed E-state index contributed by atoms with van der Waals surface area (Å²) in [6.45, 7) is 0.804. The fourth-order valence-electron chi connectivity index (χ4n) is 3.57. The number of thiazole rings is 1. The number of alkyl halides is 3. The number of aromatic amines is 1. The number of H-pyrrole nitrogens is 1. The minimum Gasteiger partial charge on any atom is -0.333 e. The molecule has 0 aliphatic carbocycles. The maximum Gasteiger partial charge on any atom is 0.420 e. The summed E-state index contributed by atoms with van der Waals surface area (Å²) in [5.41, 5.74) is 0.650. The lowest BCUT2D eigenvalue weighted by Crippen LogP contribution is -2.34. The molecule has 4 aromatic heterocycles. The highest BCUT2D eigenvalue weighted by Gasteiger charge is 2.35. The van der Waals surface area contributed by atoms with Crippen molar-refractivity contribution >= 4 is 28.5 Å². The molecular formula is C20H15F3N6OS. The molecular weight excluding hydrogens is 429 g/mol. The SMILES string of the molecule is O=C(c1cn2cc(-c3cn[nH]c3)cc(C(F)(F)F)c2n1)N1CC=C(c2nccs2)CC1. The molecule has 158 valence electrons. The summed E-state index contributed by atoms with van der Waals surface area (Å²) in [7, 11) is 0. The Labute approximate surface area is 177 Å². The summed E-state index contributed by atoms with van der Waals surface area (Å²) in [6.07, 6.45) is 5.45. The molecule has 0 bridgehead atoms. The van der Waals surface area contributed by atoms with Crippen LogP contribution in [0, 0.1) is 0 Å². The average Bonchev–Trinajstić information content (AvgIpc) is 3.53. The lowest BCUT2D eigenvalue weighted by molar-refractivity contribution is -0.136. The predicted molar refractivity (Wildman–Crippen MR) is 108 cm³/mol. The number of pyridine rings is 1. The number of carbonyl (C=O) groups excluding carboxylic acids is 1. The van der Waals surface area contributed by atoms with E-state index in [1.165, 1.54) is 40.5 Å². The molecule has 5 rings (SSSR count). The molecule has 0 radical (unpaired) electrons. The first-order valence-electron chi connectivity index (χ1n) is 9.37. The Kier molecular flexibility index (Phi) is 4.62. The van der Waals surface area contributed by atoms with Crippen LogP contribution in [0.4, 0.5) is 13.2 Å². The van der Waals surface area contributed by atoms with Crippen LogP contribution in [0.3, 0.4) is 0 Å². The fraction of sp³-hybridized carbons (Fsp3) is 0.200. The van der Waals surface area contributed by atoms with Gasteiger partial charge in [-0.15, -0.1) is 11.3 Å². The summed E-state index contributed by atoms with van der Waals surface area (Å²) in [4.78, 5) is 22.8. The topological polar surface area (TPSA) is 79.2 Å². The molecule has 0 unspecified atom stereocenters. The van der Waals surface area contributed by atoms with Gasteiger partial charge in [0.2, 0.25) is 0 Å². The van der Waals surface area contributed by atoms with Crippen molar-refractivity contribution in [1.29, 1.82) is 0 Å². The number of hydrogen-bond donors (Lipinski definition) is 1. The van der Waals surface area contributed by atoms with Gasteiger partial charge in [-0.3, -0.25) is 9.89 Å². The molecule has 7 nitrogen and oxygen atoms in total. The second-order valence-corrected chi connectivity index (χ2v) is 7.95. The number of nitrogens with zero attached hydrogens (tertiary/aromatic N) is 5. The summed E-state index contributed by atoms with van der Waals surface area (Å²) in [5, 5.41) is 9.18. The Bertz CT molecular complexity index is 1270. The number of halogens is 3. The molecule has 1 amide bonds. The molecule has 1 aliphatic heterocycles. The fourth-order valence-corrected chi connectivity index (χ4v) is 4.28. The first kappa shape index (κ1) is 19.5. The third kappa shape index (κ3) is 3.61. The lowest BCUT2D eigenvalue weighted by atomic mass is 10.1. The summed E-state index contributed by atoms with van der Waals surface area (Å²) < 4.78 is 42.3. The average molecular weight is 444 g/mol. The Morgan fingerprint density at radius 1 is 1.23 bits per heavy atom. The van der Waals surface area contributed by atoms with Gasteiger partial charge in [0, 0.05) is 54.4 Å². The van der Waals surface area contributed by atoms with Crippen molar-refractivity contribution in [2.24, 2.45) is 0 Å². The van der Waals surface area contributed by atoms with Crippen LogP contribution >= 0.6 is 11.3 Å². The zero-order valence-corrected chi connectivity index (χ0v) is 16.7. The quantitative estimate of drug-likeness (QED) is 0.515. The van der Waals surface area contributed by atoms with E-state index in [1.54, 1.807) is 11.1 Å². The second-order valence-electron chi connectivity index (χ2n) is 7.05. The molecule has 0 atom stereocenters. The van der Waals surface area contributed by atoms with E-state index in [0.29, 0.717) is 30.6 Å². The molecule has 11 heteroatoms. The standard InChI is InChI=1S/C20H15F3N6OS/c21-20(22,23)15-7-13(14-8-25-26-9-14)10-29-11-16(27-17(15)29)19(30)28-4-1-12(2-5-28)18-24-3-6-31-18/h1,3,6-11H,2,4-5H2,(H,25,26). The number of aromatic nitrogens is 5. The zero-order valence-electron chi connectivity index (χ0n) is 15.9. The molecule has 31 heavy (non-hydrogen) atoms. The largest absolute Gasteiger partial charge is 0.420 e. The molecule has 0 spiro atoms. The van der Waals surface area contributed by atoms with Gasteiger partial charge in [-0.25, -0.2) is 9.97 Å². The van der Waals surface area contributed by atoms with Gasteiger partial charge >= 0.3 is 6.18 Å². The third-order valence-electron chi connectivity index (χ3n) is 5.11. The van der Waals surface area contributed by atoms with Crippen LogP contribution in [0.1, 0.15) is 27.5 Å². The molecule has 1 N–H and O–H groups in total. The number of rotatable bonds is 3. The summed E-state index contributed by atoms with van der Waals surface area (Å²) in [6, 6.07) is 1.02. The van der Waals surface area contributed by atoms with Crippen LogP contribution in [0.25, 0.3) is 22.3 Å². The molecule has 0 saturated carbocycles. The van der Waals surface area contributed by atoms with E-state index in [4.69, 9.17) is 0 Å². The van der Waals surface area contributed by atoms with E-state index >= 15 is 0 Å². The van der Waals surface area contributed by atoms with Crippen molar-refractivity contribution in [1.82, 2.24) is 29.5 Å². The number of carbonyl (C=O) groups is 1. The predicted octanol–water partition coefficient (Wildman–Crippen LogP) is 4.13. The van der Waals surface area contributed by atoms with Crippen LogP contribution < -0.4 is 0 Å². The van der Waals surface area contributed by atoms with Gasteiger partial charge in [-0.1, -0.05) is 6.08 Å². The molecule has 0 saturated heterocycles. The highest BCUT2D eigenvalue weighted by atomic mass is 32.1. The number of fused-ring (bicyclic) bond motifs is 1. The number of imidazole rings is 1. The van der Waals surface area contributed by atoms with Gasteiger partial charge < -0.3 is 9.30 Å². The molecule has 1 aliphatic rings. The van der Waals surface area contributed by atoms with Crippen molar-refractivity contribution in [2.45, 2.75) is 12.6 Å². The van der Waals surface area contributed by atoms with E-state index in [0.717, 1.165) is 16.6 Å². The normalized spacial score (nSPS) is 14.8. The van der Waals surface area contributed by atoms with Crippen molar-refractivity contribution in [3.05, 3.63) is 64.8 Å². The van der Waals surface area contributed by atoms with Gasteiger partial charge in [-0.2, -0.15) is 18.3 Å². The molecule has 0 fully saturated rings. The van der Waals surface area contributed by atoms with E-state index in [1.807, 2.05) is 11.5 Å². The van der Waals surface area contributed by atoms with Gasteiger partial charge in [0.25, 0.3) is 5.91 Å². The first-order valence-corrected chi connectivity index (χ1v) is 10.3. The lowest BCUT2D eigenvalue weighted by Gasteiger charge is -2.25. The Balaban J connectivity index is 1.49. The summed E-state index contributed by atoms with van der Waals surface area (Å²) in [5.74, 6) is -0.406. The monoisotopic (exact) mass is 444 g/mol. The minimum absolute atomic E-state index is 0.0269. The van der Waals surface area contributed by atoms with Gasteiger partial charge in [0.1, 0.15) is 16.3 Å². The minimum atomic E-state index is -4.62. The van der Waals surface area contributed by atoms with Crippen LogP contribution in [0.5, 0.6) is 0 Å². The van der Waals surface area contributed by atoms with Crippen LogP contribution in [-0.2, 0) is 6.18 Å². The van der Waals surface area contributed by atoms with Crippen molar-refractivity contribution in [3.63, 3.8) is 0 Å². The smallest absolute Gasteiger partial charge is 0.333 e. The van der Waals surface area contributed by atoms with Gasteiger partial charge in [0.05, 0.1) is 11.8 Å². The zero-order chi connectivity index (χ0) is 21.6. The Hall–Kier alpha value is -3.47.